The number of likely N-dealkylation sites (tertiary alicyclic amines) is 1. The summed E-state index contributed by atoms with van der Waals surface area (Å²) in [5.74, 6) is 1.83. The first-order valence-electron chi connectivity index (χ1n) is 8.12. The van der Waals surface area contributed by atoms with Crippen molar-refractivity contribution in [1.29, 1.82) is 0 Å². The van der Waals surface area contributed by atoms with Gasteiger partial charge in [-0.2, -0.15) is 0 Å². The van der Waals surface area contributed by atoms with E-state index in [-0.39, 0.29) is 0 Å². The largest absolute Gasteiger partial charge is 0.310 e. The minimum absolute atomic E-state index is 0.442. The summed E-state index contributed by atoms with van der Waals surface area (Å²) in [6.45, 7) is 12.3. The highest BCUT2D eigenvalue weighted by Gasteiger charge is 2.33. The van der Waals surface area contributed by atoms with Gasteiger partial charge >= 0.3 is 0 Å². The Morgan fingerprint density at radius 3 is 2.67 bits per heavy atom. The lowest BCUT2D eigenvalue weighted by atomic mass is 9.89. The summed E-state index contributed by atoms with van der Waals surface area (Å²) in [5, 5.41) is 3.78. The van der Waals surface area contributed by atoms with Crippen molar-refractivity contribution in [3.63, 3.8) is 0 Å². The first-order valence-corrected chi connectivity index (χ1v) is 8.12. The van der Waals surface area contributed by atoms with Crippen LogP contribution in [0.3, 0.4) is 0 Å². The molecule has 0 radical (unpaired) electrons. The van der Waals surface area contributed by atoms with E-state index in [0.29, 0.717) is 5.54 Å². The molecule has 2 aliphatic heterocycles. The van der Waals surface area contributed by atoms with E-state index in [1.807, 2.05) is 0 Å². The second-order valence-electron chi connectivity index (χ2n) is 6.88. The normalized spacial score (nSPS) is 35.0. The van der Waals surface area contributed by atoms with Gasteiger partial charge in [0.25, 0.3) is 0 Å². The smallest absolute Gasteiger partial charge is 0.0306 e. The molecule has 2 atom stereocenters. The second kappa shape index (κ2) is 6.38. The molecule has 0 aromatic heterocycles. The van der Waals surface area contributed by atoms with Crippen LogP contribution in [0.5, 0.6) is 0 Å². The number of hydrogen-bond acceptors (Lipinski definition) is 2. The van der Waals surface area contributed by atoms with Crippen LogP contribution in [0.1, 0.15) is 59.3 Å². The quantitative estimate of drug-likeness (QED) is 0.826. The number of hydrogen-bond donors (Lipinski definition) is 1. The Morgan fingerprint density at radius 1 is 1.22 bits per heavy atom. The van der Waals surface area contributed by atoms with Gasteiger partial charge in [0, 0.05) is 12.1 Å². The molecule has 2 heteroatoms. The Bertz CT molecular complexity index is 243. The van der Waals surface area contributed by atoms with Crippen molar-refractivity contribution in [2.75, 3.05) is 26.2 Å². The summed E-state index contributed by atoms with van der Waals surface area (Å²) in [7, 11) is 0. The molecule has 2 rings (SSSR count). The highest BCUT2D eigenvalue weighted by Crippen LogP contribution is 2.28. The van der Waals surface area contributed by atoms with Gasteiger partial charge < -0.3 is 10.2 Å². The molecular weight excluding hydrogens is 220 g/mol. The lowest BCUT2D eigenvalue weighted by molar-refractivity contribution is 0.189. The predicted molar refractivity (Wildman–Crippen MR) is 78.9 cm³/mol. The van der Waals surface area contributed by atoms with Crippen LogP contribution < -0.4 is 5.32 Å². The van der Waals surface area contributed by atoms with Crippen LogP contribution >= 0.6 is 0 Å². The molecule has 0 aromatic rings. The van der Waals surface area contributed by atoms with Gasteiger partial charge in [-0.15, -0.1) is 0 Å². The van der Waals surface area contributed by atoms with Crippen LogP contribution in [-0.2, 0) is 0 Å². The molecule has 0 aliphatic carbocycles. The maximum absolute atomic E-state index is 3.78. The molecule has 0 spiro atoms. The lowest BCUT2D eigenvalue weighted by Crippen LogP contribution is -2.49. The van der Waals surface area contributed by atoms with Crippen molar-refractivity contribution in [3.05, 3.63) is 0 Å². The Balaban J connectivity index is 1.86. The highest BCUT2D eigenvalue weighted by atomic mass is 15.2. The molecule has 2 saturated heterocycles. The van der Waals surface area contributed by atoms with Gasteiger partial charge in [0.05, 0.1) is 0 Å². The summed E-state index contributed by atoms with van der Waals surface area (Å²) < 4.78 is 0. The van der Waals surface area contributed by atoms with Crippen molar-refractivity contribution >= 4 is 0 Å². The third-order valence-electron chi connectivity index (χ3n) is 5.34. The summed E-state index contributed by atoms with van der Waals surface area (Å²) in [4.78, 5) is 2.74. The van der Waals surface area contributed by atoms with Crippen molar-refractivity contribution < 1.29 is 0 Å². The number of rotatable bonds is 4. The van der Waals surface area contributed by atoms with Crippen molar-refractivity contribution in [2.45, 2.75) is 64.8 Å². The Labute approximate surface area is 114 Å². The van der Waals surface area contributed by atoms with Gasteiger partial charge in [0.15, 0.2) is 0 Å². The van der Waals surface area contributed by atoms with Gasteiger partial charge in [-0.1, -0.05) is 20.8 Å². The van der Waals surface area contributed by atoms with E-state index in [2.05, 4.69) is 31.0 Å². The monoisotopic (exact) mass is 252 g/mol. The van der Waals surface area contributed by atoms with E-state index in [4.69, 9.17) is 0 Å². The van der Waals surface area contributed by atoms with Crippen molar-refractivity contribution in [3.8, 4) is 0 Å². The van der Waals surface area contributed by atoms with E-state index < -0.39 is 0 Å². The van der Waals surface area contributed by atoms with Gasteiger partial charge in [-0.05, 0) is 70.0 Å². The summed E-state index contributed by atoms with van der Waals surface area (Å²) in [6, 6.07) is 0. The zero-order valence-electron chi connectivity index (χ0n) is 12.7. The Morgan fingerprint density at radius 2 is 2.06 bits per heavy atom. The van der Waals surface area contributed by atoms with Crippen LogP contribution in [0, 0.1) is 11.8 Å². The zero-order valence-corrected chi connectivity index (χ0v) is 12.7. The van der Waals surface area contributed by atoms with Crippen LogP contribution in [0.4, 0.5) is 0 Å². The maximum atomic E-state index is 3.78. The minimum atomic E-state index is 0.442. The maximum Gasteiger partial charge on any atom is 0.0306 e. The van der Waals surface area contributed by atoms with E-state index in [1.165, 1.54) is 64.7 Å². The predicted octanol–water partition coefficient (Wildman–Crippen LogP) is 3.28. The molecule has 2 unspecified atom stereocenters. The van der Waals surface area contributed by atoms with Crippen LogP contribution in [-0.4, -0.2) is 36.6 Å². The lowest BCUT2D eigenvalue weighted by Gasteiger charge is -2.34. The average molecular weight is 252 g/mol. The fourth-order valence-corrected chi connectivity index (χ4v) is 3.85. The summed E-state index contributed by atoms with van der Waals surface area (Å²) >= 11 is 0. The highest BCUT2D eigenvalue weighted by molar-refractivity contribution is 4.94. The Kier molecular flexibility index (Phi) is 5.08. The molecule has 2 aliphatic rings. The fraction of sp³-hybridized carbons (Fsp3) is 1.00. The first kappa shape index (κ1) is 14.3. The van der Waals surface area contributed by atoms with E-state index in [1.54, 1.807) is 0 Å². The topological polar surface area (TPSA) is 15.3 Å². The van der Waals surface area contributed by atoms with E-state index in [9.17, 15) is 0 Å². The third-order valence-corrected chi connectivity index (χ3v) is 5.34. The Hall–Kier alpha value is -0.0800. The van der Waals surface area contributed by atoms with Crippen LogP contribution in [0.25, 0.3) is 0 Å². The van der Waals surface area contributed by atoms with Crippen LogP contribution in [0.2, 0.25) is 0 Å². The van der Waals surface area contributed by atoms with Crippen molar-refractivity contribution in [1.82, 2.24) is 10.2 Å². The van der Waals surface area contributed by atoms with Crippen molar-refractivity contribution in [2.24, 2.45) is 11.8 Å². The zero-order chi connectivity index (χ0) is 13.0. The molecule has 0 aromatic carbocycles. The summed E-state index contributed by atoms with van der Waals surface area (Å²) in [6.07, 6.45) is 8.31. The van der Waals surface area contributed by atoms with Gasteiger partial charge in [-0.3, -0.25) is 0 Å². The number of nitrogens with one attached hydrogen (secondary N) is 1. The van der Waals surface area contributed by atoms with Gasteiger partial charge in [0.1, 0.15) is 0 Å². The first-order chi connectivity index (χ1) is 8.65. The molecule has 0 bridgehead atoms. The third kappa shape index (κ3) is 3.48. The number of nitrogens with zero attached hydrogens (tertiary/aromatic N) is 1. The minimum Gasteiger partial charge on any atom is -0.310 e. The molecule has 2 fully saturated rings. The standard InChI is InChI=1S/C16H32N2/c1-4-16(9-6-10-17-16)13-18-11-5-7-15(8-12-18)14(2)3/h14-15,17H,4-13H2,1-3H3. The molecule has 2 heterocycles. The van der Waals surface area contributed by atoms with Crippen LogP contribution in [0.15, 0.2) is 0 Å². The molecule has 0 saturated carbocycles. The molecular formula is C16H32N2. The molecule has 18 heavy (non-hydrogen) atoms. The van der Waals surface area contributed by atoms with Gasteiger partial charge in [0.2, 0.25) is 0 Å². The SMILES string of the molecule is CCC1(CN2CCCC(C(C)C)CC2)CCCN1. The average Bonchev–Trinajstić information content (AvgIpc) is 2.69. The molecule has 106 valence electrons. The molecule has 0 amide bonds. The second-order valence-corrected chi connectivity index (χ2v) is 6.88. The van der Waals surface area contributed by atoms with Gasteiger partial charge in [-0.25, -0.2) is 0 Å². The fourth-order valence-electron chi connectivity index (χ4n) is 3.85. The van der Waals surface area contributed by atoms with E-state index in [0.717, 1.165) is 11.8 Å². The molecule has 1 N–H and O–H groups in total. The van der Waals surface area contributed by atoms with E-state index >= 15 is 0 Å². The summed E-state index contributed by atoms with van der Waals surface area (Å²) in [5.41, 5.74) is 0.442. The molecule has 2 nitrogen and oxygen atoms in total.